The fourth-order valence-electron chi connectivity index (χ4n) is 1.83. The first kappa shape index (κ1) is 13.5. The van der Waals surface area contributed by atoms with Gasteiger partial charge in [0.1, 0.15) is 11.3 Å². The van der Waals surface area contributed by atoms with Gasteiger partial charge in [-0.05, 0) is 12.1 Å². The lowest BCUT2D eigenvalue weighted by atomic mass is 10.1. The number of furan rings is 1. The van der Waals surface area contributed by atoms with Crippen molar-refractivity contribution in [1.29, 1.82) is 0 Å². The Balaban J connectivity index is 2.43. The maximum atomic E-state index is 12.8. The number of carboxylic acid groups (broad SMARTS) is 1. The van der Waals surface area contributed by atoms with E-state index in [0.717, 1.165) is 6.07 Å². The van der Waals surface area contributed by atoms with Crippen molar-refractivity contribution in [3.8, 4) is 0 Å². The van der Waals surface area contributed by atoms with Crippen molar-refractivity contribution in [2.24, 2.45) is 5.92 Å². The molecule has 1 aromatic carbocycles. The van der Waals surface area contributed by atoms with Crippen LogP contribution >= 0.6 is 0 Å². The van der Waals surface area contributed by atoms with Crippen LogP contribution < -0.4 is 0 Å². The minimum Gasteiger partial charge on any atom is -0.481 e. The molecule has 1 aromatic heterocycles. The van der Waals surface area contributed by atoms with Crippen molar-refractivity contribution >= 4 is 16.9 Å². The van der Waals surface area contributed by atoms with E-state index in [4.69, 9.17) is 9.52 Å². The molecule has 2 aromatic rings. The standard InChI is InChI=1S/C13H11F3O3/c1-7(12(17)18)5-9-6-8-3-2-4-10(11(8)19-9)13(14,15)16/h2-4,6-7H,5H2,1H3,(H,17,18). The lowest BCUT2D eigenvalue weighted by Crippen LogP contribution is -2.11. The molecule has 102 valence electrons. The molecule has 0 aliphatic carbocycles. The van der Waals surface area contributed by atoms with E-state index in [2.05, 4.69) is 0 Å². The predicted octanol–water partition coefficient (Wildman–Crippen LogP) is 3.71. The van der Waals surface area contributed by atoms with Gasteiger partial charge in [0, 0.05) is 11.8 Å². The predicted molar refractivity (Wildman–Crippen MR) is 61.7 cm³/mol. The number of hydrogen-bond acceptors (Lipinski definition) is 2. The van der Waals surface area contributed by atoms with Gasteiger partial charge in [-0.25, -0.2) is 0 Å². The SMILES string of the molecule is CC(Cc1cc2cccc(C(F)(F)F)c2o1)C(=O)O. The van der Waals surface area contributed by atoms with Crippen LogP contribution in [0.1, 0.15) is 18.2 Å². The van der Waals surface area contributed by atoms with E-state index in [0.29, 0.717) is 5.39 Å². The molecule has 0 amide bonds. The van der Waals surface area contributed by atoms with Gasteiger partial charge >= 0.3 is 12.1 Å². The first-order valence-electron chi connectivity index (χ1n) is 5.60. The van der Waals surface area contributed by atoms with Crippen LogP contribution in [-0.4, -0.2) is 11.1 Å². The molecule has 2 rings (SSSR count). The number of benzene rings is 1. The van der Waals surface area contributed by atoms with E-state index in [1.807, 2.05) is 0 Å². The van der Waals surface area contributed by atoms with Crippen molar-refractivity contribution < 1.29 is 27.5 Å². The van der Waals surface area contributed by atoms with Gasteiger partial charge < -0.3 is 9.52 Å². The Labute approximate surface area is 106 Å². The first-order valence-corrected chi connectivity index (χ1v) is 5.60. The number of alkyl halides is 3. The molecule has 0 spiro atoms. The molecule has 6 heteroatoms. The van der Waals surface area contributed by atoms with Crippen LogP contribution in [0.3, 0.4) is 0 Å². The largest absolute Gasteiger partial charge is 0.481 e. The number of fused-ring (bicyclic) bond motifs is 1. The maximum absolute atomic E-state index is 12.8. The van der Waals surface area contributed by atoms with Crippen LogP contribution in [-0.2, 0) is 17.4 Å². The molecule has 0 aliphatic heterocycles. The second kappa shape index (κ2) is 4.60. The fraction of sp³-hybridized carbons (Fsp3) is 0.308. The Morgan fingerprint density at radius 1 is 1.42 bits per heavy atom. The first-order chi connectivity index (χ1) is 8.79. The van der Waals surface area contributed by atoms with E-state index in [-0.39, 0.29) is 17.8 Å². The van der Waals surface area contributed by atoms with Gasteiger partial charge in [-0.1, -0.05) is 19.1 Å². The highest BCUT2D eigenvalue weighted by molar-refractivity contribution is 5.81. The summed E-state index contributed by atoms with van der Waals surface area (Å²) in [6, 6.07) is 5.19. The molecule has 19 heavy (non-hydrogen) atoms. The van der Waals surface area contributed by atoms with Gasteiger partial charge in [0.2, 0.25) is 0 Å². The van der Waals surface area contributed by atoms with Crippen molar-refractivity contribution in [2.45, 2.75) is 19.5 Å². The number of hydrogen-bond donors (Lipinski definition) is 1. The Morgan fingerprint density at radius 2 is 2.11 bits per heavy atom. The number of rotatable bonds is 3. The molecule has 0 aliphatic rings. The highest BCUT2D eigenvalue weighted by Crippen LogP contribution is 2.36. The highest BCUT2D eigenvalue weighted by atomic mass is 19.4. The molecule has 0 saturated heterocycles. The lowest BCUT2D eigenvalue weighted by molar-refractivity contribution is -0.141. The Hall–Kier alpha value is -1.98. The number of aliphatic carboxylic acids is 1. The Kier molecular flexibility index (Phi) is 3.26. The number of carboxylic acids is 1. The van der Waals surface area contributed by atoms with Crippen LogP contribution in [0.2, 0.25) is 0 Å². The summed E-state index contributed by atoms with van der Waals surface area (Å²) in [7, 11) is 0. The highest BCUT2D eigenvalue weighted by Gasteiger charge is 2.34. The average molecular weight is 272 g/mol. The van der Waals surface area contributed by atoms with E-state index in [1.165, 1.54) is 25.1 Å². The van der Waals surface area contributed by atoms with Gasteiger partial charge in [-0.15, -0.1) is 0 Å². The summed E-state index contributed by atoms with van der Waals surface area (Å²) in [6.07, 6.45) is -4.44. The van der Waals surface area contributed by atoms with E-state index in [1.54, 1.807) is 0 Å². The third-order valence-electron chi connectivity index (χ3n) is 2.83. The maximum Gasteiger partial charge on any atom is 0.420 e. The zero-order chi connectivity index (χ0) is 14.2. The van der Waals surface area contributed by atoms with Gasteiger partial charge in [0.05, 0.1) is 11.5 Å². The summed E-state index contributed by atoms with van der Waals surface area (Å²) in [6.45, 7) is 1.47. The van der Waals surface area contributed by atoms with Crippen molar-refractivity contribution in [1.82, 2.24) is 0 Å². The number of halogens is 3. The lowest BCUT2D eigenvalue weighted by Gasteiger charge is -2.06. The molecular weight excluding hydrogens is 261 g/mol. The zero-order valence-corrected chi connectivity index (χ0v) is 9.99. The summed E-state index contributed by atoms with van der Waals surface area (Å²) in [5.41, 5.74) is -1.10. The van der Waals surface area contributed by atoms with Crippen LogP contribution in [0, 0.1) is 5.92 Å². The monoisotopic (exact) mass is 272 g/mol. The Morgan fingerprint density at radius 3 is 2.68 bits per heavy atom. The average Bonchev–Trinajstić information content (AvgIpc) is 2.68. The number of para-hydroxylation sites is 1. The van der Waals surface area contributed by atoms with Gasteiger partial charge in [0.15, 0.2) is 0 Å². The minimum absolute atomic E-state index is 0.0569. The summed E-state index contributed by atoms with van der Waals surface area (Å²) < 4.78 is 43.5. The summed E-state index contributed by atoms with van der Waals surface area (Å²) in [5, 5.41) is 9.10. The van der Waals surface area contributed by atoms with Crippen molar-refractivity contribution in [3.05, 3.63) is 35.6 Å². The Bertz CT molecular complexity index is 613. The van der Waals surface area contributed by atoms with E-state index >= 15 is 0 Å². The fourth-order valence-corrected chi connectivity index (χ4v) is 1.83. The van der Waals surface area contributed by atoms with Crippen LogP contribution in [0.5, 0.6) is 0 Å². The molecule has 1 heterocycles. The molecule has 0 bridgehead atoms. The second-order valence-electron chi connectivity index (χ2n) is 4.38. The van der Waals surface area contributed by atoms with Crippen molar-refractivity contribution in [2.75, 3.05) is 0 Å². The van der Waals surface area contributed by atoms with Gasteiger partial charge in [0.25, 0.3) is 0 Å². The zero-order valence-electron chi connectivity index (χ0n) is 9.99. The molecular formula is C13H11F3O3. The molecule has 0 radical (unpaired) electrons. The third kappa shape index (κ3) is 2.72. The van der Waals surface area contributed by atoms with E-state index < -0.39 is 23.6 Å². The molecule has 0 fully saturated rings. The smallest absolute Gasteiger partial charge is 0.420 e. The minimum atomic E-state index is -4.49. The van der Waals surface area contributed by atoms with Crippen molar-refractivity contribution in [3.63, 3.8) is 0 Å². The quantitative estimate of drug-likeness (QED) is 0.926. The molecule has 1 atom stereocenters. The van der Waals surface area contributed by atoms with E-state index in [9.17, 15) is 18.0 Å². The summed E-state index contributed by atoms with van der Waals surface area (Å²) >= 11 is 0. The molecule has 3 nitrogen and oxygen atoms in total. The summed E-state index contributed by atoms with van der Waals surface area (Å²) in [4.78, 5) is 10.7. The van der Waals surface area contributed by atoms with Crippen LogP contribution in [0.25, 0.3) is 11.0 Å². The topological polar surface area (TPSA) is 50.4 Å². The van der Waals surface area contributed by atoms with Gasteiger partial charge in [-0.2, -0.15) is 13.2 Å². The van der Waals surface area contributed by atoms with Crippen LogP contribution in [0.4, 0.5) is 13.2 Å². The van der Waals surface area contributed by atoms with Crippen LogP contribution in [0.15, 0.2) is 28.7 Å². The normalized spacial score (nSPS) is 13.7. The molecule has 1 N–H and O–H groups in total. The summed E-state index contributed by atoms with van der Waals surface area (Å²) in [5.74, 6) is -1.49. The molecule has 0 saturated carbocycles. The second-order valence-corrected chi connectivity index (χ2v) is 4.38. The third-order valence-corrected chi connectivity index (χ3v) is 2.83. The molecule has 1 unspecified atom stereocenters. The van der Waals surface area contributed by atoms with Gasteiger partial charge in [-0.3, -0.25) is 4.79 Å². The number of carbonyl (C=O) groups is 1.